The van der Waals surface area contributed by atoms with Gasteiger partial charge in [-0.05, 0) is 0 Å². The number of nitrogens with zero attached hydrogens (tertiary/aromatic N) is 8. The van der Waals surface area contributed by atoms with Crippen LogP contribution < -0.4 is 44.2 Å². The molecule has 4 unspecified atom stereocenters. The molecule has 0 aromatic carbocycles. The molecular formula is C48H82N16O34P6S2. The number of aliphatic hydroxyl groups is 4. The van der Waals surface area contributed by atoms with Gasteiger partial charge in [-0.2, -0.15) is 8.62 Å². The number of fused-ring (bicyclic) bond motifs is 2. The minimum atomic E-state index is -5.57. The van der Waals surface area contributed by atoms with E-state index >= 15 is 0 Å². The maximum Gasteiger partial charge on any atom is 0.481 e. The van der Waals surface area contributed by atoms with Gasteiger partial charge in [-0.25, -0.2) is 57.3 Å². The second-order valence-corrected chi connectivity index (χ2v) is 34.4. The lowest BCUT2D eigenvalue weighted by Crippen LogP contribution is -2.46. The number of ether oxygens (including phenoxy) is 2. The third-order valence-corrected chi connectivity index (χ3v) is 22.3. The number of rotatable bonds is 42. The van der Waals surface area contributed by atoms with Crippen LogP contribution in [0.5, 0.6) is 0 Å². The molecule has 4 amide bonds. The third-order valence-electron chi connectivity index (χ3n) is 14.2. The van der Waals surface area contributed by atoms with E-state index in [4.69, 9.17) is 50.5 Å². The summed E-state index contributed by atoms with van der Waals surface area (Å²) < 4.78 is 124. The second kappa shape index (κ2) is 39.8. The zero-order valence-corrected chi connectivity index (χ0v) is 63.1. The number of hydrogen-bond donors (Lipinski definition) is 20. The van der Waals surface area contributed by atoms with E-state index in [1.807, 2.05) is 0 Å². The summed E-state index contributed by atoms with van der Waals surface area (Å²) in [4.78, 5) is 173. The van der Waals surface area contributed by atoms with Gasteiger partial charge in [0.25, 0.3) is 0 Å². The number of carbonyl (C=O) groups is 6. The van der Waals surface area contributed by atoms with Gasteiger partial charge in [0.15, 0.2) is 45.6 Å². The van der Waals surface area contributed by atoms with Crippen molar-refractivity contribution in [3.8, 4) is 0 Å². The first-order valence-electron chi connectivity index (χ1n) is 30.6. The van der Waals surface area contributed by atoms with Crippen LogP contribution in [0.4, 0.5) is 11.6 Å². The zero-order chi connectivity index (χ0) is 79.6. The molecule has 4 aromatic heterocycles. The lowest BCUT2D eigenvalue weighted by molar-refractivity contribution is -0.137. The fourth-order valence-electron chi connectivity index (χ4n) is 8.97. The Labute approximate surface area is 608 Å². The fraction of sp³-hybridized carbons (Fsp3) is 0.667. The minimum absolute atomic E-state index is 0.0288. The molecule has 0 bridgehead atoms. The Morgan fingerprint density at radius 1 is 0.528 bits per heavy atom. The molecule has 2 aliphatic rings. The van der Waals surface area contributed by atoms with E-state index in [1.54, 1.807) is 0 Å². The van der Waals surface area contributed by atoms with Crippen LogP contribution in [-0.2, 0) is 101 Å². The largest absolute Gasteiger partial charge is 0.481 e. The summed E-state index contributed by atoms with van der Waals surface area (Å²) in [5.41, 5.74) is 19.1. The van der Waals surface area contributed by atoms with Crippen molar-refractivity contribution in [1.29, 1.82) is 0 Å². The molecule has 24 N–H and O–H groups in total. The summed E-state index contributed by atoms with van der Waals surface area (Å²) in [5.74, 6) is -2.30. The Bertz CT molecular complexity index is 3740. The van der Waals surface area contributed by atoms with E-state index in [2.05, 4.69) is 68.8 Å². The number of nitrogens with two attached hydrogens (primary N) is 4. The Kier molecular flexibility index (Phi) is 34.4. The molecule has 106 heavy (non-hydrogen) atoms. The minimum Gasteiger partial charge on any atom is -0.386 e. The molecule has 600 valence electrons. The number of nitrogen functional groups attached to an aromatic ring is 2. The maximum atomic E-state index is 12.6. The van der Waals surface area contributed by atoms with Crippen LogP contribution in [0.15, 0.2) is 25.3 Å². The van der Waals surface area contributed by atoms with E-state index in [-0.39, 0.29) is 109 Å². The molecule has 2 aliphatic heterocycles. The van der Waals surface area contributed by atoms with Crippen LogP contribution in [0.2, 0.25) is 0 Å². The normalized spacial score (nSPS) is 22.2. The highest BCUT2D eigenvalue weighted by Gasteiger charge is 2.53. The molecule has 6 rings (SSSR count). The number of anilines is 2. The lowest BCUT2D eigenvalue weighted by atomic mass is 9.87. The van der Waals surface area contributed by atoms with Crippen molar-refractivity contribution in [1.82, 2.24) is 60.3 Å². The van der Waals surface area contributed by atoms with Gasteiger partial charge >= 0.3 is 46.9 Å². The average Bonchev–Trinajstić information content (AvgIpc) is 1.62. The number of hydrogen-bond acceptors (Lipinski definition) is 38. The van der Waals surface area contributed by atoms with Crippen molar-refractivity contribution in [2.75, 3.05) is 88.7 Å². The standard InChI is InChI=1S/2C24H41N8O17P3S/c2*1-24(2,19(36)22(37)28-6-4-14(33)27-7-8-53-15(34)3-5-25)10-46-52(43,44)49-51(41,42)45-9-13-18(48-50(38,39)40)17(35)23(47-13)32-12-31-16-20(26)29-11-30-21(16)32/h2*11-13,17-19,23,35-36H,3-10,25H2,1-2H3,(H,27,33)(H,28,37)(H,41,42)(H,43,44)(H2,26,29,30)(H2,38,39,40)/t2*13-,17-,18-,19+,23-/m11/s1. The second-order valence-electron chi connectivity index (χ2n) is 23.7. The monoisotopic (exact) mass is 1680 g/mol. The first-order chi connectivity index (χ1) is 49.1. The van der Waals surface area contributed by atoms with E-state index in [9.17, 15) is 116 Å². The summed E-state index contributed by atoms with van der Waals surface area (Å²) in [6.45, 7) is 1.35. The summed E-state index contributed by atoms with van der Waals surface area (Å²) in [6.07, 6.45) is -13.4. The predicted octanol–water partition coefficient (Wildman–Crippen LogP) is -3.97. The van der Waals surface area contributed by atoms with Crippen LogP contribution in [-0.4, -0.2) is 259 Å². The number of nitrogens with one attached hydrogen (secondary N) is 4. The van der Waals surface area contributed by atoms with Crippen molar-refractivity contribution in [2.45, 2.75) is 115 Å². The topological polar surface area (TPSA) is 779 Å². The number of aromatic nitrogens is 8. The lowest BCUT2D eigenvalue weighted by Gasteiger charge is -2.30. The molecule has 14 atom stereocenters. The van der Waals surface area contributed by atoms with Crippen LogP contribution in [0.1, 0.15) is 65.8 Å². The summed E-state index contributed by atoms with van der Waals surface area (Å²) in [7, 11) is -32.8. The molecule has 2 fully saturated rings. The van der Waals surface area contributed by atoms with Crippen LogP contribution in [0.25, 0.3) is 22.3 Å². The molecule has 58 heteroatoms. The first-order valence-corrected chi connectivity index (χ1v) is 41.6. The summed E-state index contributed by atoms with van der Waals surface area (Å²) in [5, 5.41) is 52.2. The molecule has 6 heterocycles. The smallest absolute Gasteiger partial charge is 0.386 e. The molecule has 0 aliphatic carbocycles. The number of phosphoric ester groups is 6. The van der Waals surface area contributed by atoms with Gasteiger partial charge in [-0.15, -0.1) is 0 Å². The number of aliphatic hydroxyl groups excluding tert-OH is 4. The molecule has 0 saturated carbocycles. The van der Waals surface area contributed by atoms with Crippen molar-refractivity contribution in [3.63, 3.8) is 0 Å². The maximum absolute atomic E-state index is 12.6. The Morgan fingerprint density at radius 3 is 1.20 bits per heavy atom. The van der Waals surface area contributed by atoms with Gasteiger partial charge in [0.2, 0.25) is 23.6 Å². The molecule has 4 aromatic rings. The van der Waals surface area contributed by atoms with Crippen molar-refractivity contribution in [3.05, 3.63) is 25.3 Å². The highest BCUT2D eigenvalue weighted by atomic mass is 32.2. The number of thioether (sulfide) groups is 2. The molecular weight excluding hydrogens is 1590 g/mol. The van der Waals surface area contributed by atoms with E-state index in [1.165, 1.54) is 27.7 Å². The van der Waals surface area contributed by atoms with Crippen molar-refractivity contribution in [2.24, 2.45) is 22.3 Å². The summed E-state index contributed by atoms with van der Waals surface area (Å²) in [6, 6.07) is 0. The van der Waals surface area contributed by atoms with E-state index in [0.717, 1.165) is 58.0 Å². The van der Waals surface area contributed by atoms with Gasteiger partial charge in [0, 0.05) is 87.3 Å². The van der Waals surface area contributed by atoms with Gasteiger partial charge in [-0.1, -0.05) is 51.2 Å². The van der Waals surface area contributed by atoms with Gasteiger partial charge in [0.1, 0.15) is 72.5 Å². The highest BCUT2D eigenvalue weighted by Crippen LogP contribution is 2.63. The molecule has 50 nitrogen and oxygen atoms in total. The van der Waals surface area contributed by atoms with Crippen molar-refractivity contribution >= 4 is 138 Å². The SMILES string of the molecule is CC(C)(COP(=O)(O)OP(=O)(O)OC[C@H]1O[C@@H](n2cnc3c(N)ncnc32)[C@H](O)[C@@H]1OP(=O)(O)O)[C@@H](O)C(=O)NCCC(=O)NCCSC(=O)CCN.CC(C)(COP(=O)(O)OP(=O)(O)OC[C@H]1O[C@@H](n2cnc3c(N)ncnc32)[C@H](O)[C@@H]1OP(=O)(O)O)[C@@H](O)C(=O)NCCC(=O)NCCSC(=O)CCN. The quantitative estimate of drug-likeness (QED) is 0.0149. The Balaban J connectivity index is 0.000000381. The number of imidazole rings is 2. The van der Waals surface area contributed by atoms with Gasteiger partial charge in [-0.3, -0.25) is 65.0 Å². The number of amides is 4. The molecule has 0 spiro atoms. The van der Waals surface area contributed by atoms with E-state index < -0.39 is 169 Å². The van der Waals surface area contributed by atoms with Gasteiger partial charge < -0.3 is 113 Å². The Hall–Kier alpha value is -4.96. The fourth-order valence-corrected chi connectivity index (χ4v) is 16.0. The average molecular weight is 1680 g/mol. The number of carbonyl (C=O) groups excluding carboxylic acids is 6. The Morgan fingerprint density at radius 2 is 0.868 bits per heavy atom. The van der Waals surface area contributed by atoms with Crippen LogP contribution in [0.3, 0.4) is 0 Å². The zero-order valence-electron chi connectivity index (χ0n) is 56.1. The van der Waals surface area contributed by atoms with E-state index in [0.29, 0.717) is 11.5 Å². The van der Waals surface area contributed by atoms with Crippen LogP contribution in [0, 0.1) is 10.8 Å². The van der Waals surface area contributed by atoms with Crippen molar-refractivity contribution < 1.29 is 161 Å². The highest BCUT2D eigenvalue weighted by molar-refractivity contribution is 8.13. The summed E-state index contributed by atoms with van der Waals surface area (Å²) >= 11 is 2.03. The van der Waals surface area contributed by atoms with Gasteiger partial charge in [0.05, 0.1) is 39.1 Å². The molecule has 2 saturated heterocycles. The predicted molar refractivity (Wildman–Crippen MR) is 362 cm³/mol. The number of phosphoric acid groups is 6. The van der Waals surface area contributed by atoms with Crippen LogP contribution >= 0.6 is 70.5 Å². The first kappa shape index (κ1) is 91.6. The third kappa shape index (κ3) is 29.0. The molecule has 0 radical (unpaired) electrons.